The Morgan fingerprint density at radius 2 is 2.00 bits per heavy atom. The van der Waals surface area contributed by atoms with Crippen LogP contribution in [0.3, 0.4) is 0 Å². The van der Waals surface area contributed by atoms with Crippen molar-refractivity contribution >= 4 is 73.7 Å². The second kappa shape index (κ2) is 7.19. The lowest BCUT2D eigenvalue weighted by atomic mass is 10.2. The van der Waals surface area contributed by atoms with E-state index in [1.54, 1.807) is 42.5 Å². The van der Waals surface area contributed by atoms with Crippen molar-refractivity contribution in [2.24, 2.45) is 4.99 Å². The molecule has 1 fully saturated rings. The van der Waals surface area contributed by atoms with Crippen LogP contribution in [-0.4, -0.2) is 16.2 Å². The Hall–Kier alpha value is -1.47. The van der Waals surface area contributed by atoms with Gasteiger partial charge in [-0.2, -0.15) is 0 Å². The van der Waals surface area contributed by atoms with Crippen molar-refractivity contribution in [3.63, 3.8) is 0 Å². The van der Waals surface area contributed by atoms with Gasteiger partial charge in [0.05, 0.1) is 15.6 Å². The highest BCUT2D eigenvalue weighted by atomic mass is 79.9. The molecule has 3 rings (SSSR count). The van der Waals surface area contributed by atoms with Gasteiger partial charge in [0, 0.05) is 15.1 Å². The number of carbonyl (C=O) groups excluding carboxylic acids is 1. The minimum atomic E-state index is -0.295. The second-order valence-electron chi connectivity index (χ2n) is 4.78. The number of nitrogens with one attached hydrogen (secondary N) is 1. The third-order valence-electron chi connectivity index (χ3n) is 3.06. The number of hydrogen-bond donors (Lipinski definition) is 2. The average Bonchev–Trinajstić information content (AvgIpc) is 2.86. The summed E-state index contributed by atoms with van der Waals surface area (Å²) in [7, 11) is 0. The third-order valence-corrected chi connectivity index (χ3v) is 5.02. The number of benzene rings is 2. The molecule has 0 atom stereocenters. The number of phenolic OH excluding ortho intramolecular Hbond substituents is 1. The Bertz CT molecular complexity index is 900. The highest BCUT2D eigenvalue weighted by molar-refractivity contribution is 9.10. The van der Waals surface area contributed by atoms with E-state index in [0.29, 0.717) is 31.4 Å². The molecule has 122 valence electrons. The number of thioether (sulfide) groups is 1. The maximum absolute atomic E-state index is 12.1. The molecule has 1 saturated heterocycles. The van der Waals surface area contributed by atoms with Crippen LogP contribution in [0.15, 0.2) is 50.8 Å². The molecular weight excluding hydrogens is 435 g/mol. The topological polar surface area (TPSA) is 61.7 Å². The van der Waals surface area contributed by atoms with Gasteiger partial charge >= 0.3 is 0 Å². The first-order chi connectivity index (χ1) is 11.4. The van der Waals surface area contributed by atoms with E-state index in [9.17, 15) is 9.90 Å². The molecular formula is C16H9BrCl2N2O2S. The fraction of sp³-hybridized carbons (Fsp3) is 0. The normalized spacial score (nSPS) is 17.5. The number of amidine groups is 1. The van der Waals surface area contributed by atoms with Crippen molar-refractivity contribution in [3.05, 3.63) is 61.4 Å². The molecule has 2 N–H and O–H groups in total. The molecule has 0 aromatic heterocycles. The van der Waals surface area contributed by atoms with Crippen molar-refractivity contribution in [3.8, 4) is 5.75 Å². The molecule has 2 aromatic rings. The number of rotatable bonds is 2. The minimum Gasteiger partial charge on any atom is -0.507 e. The largest absolute Gasteiger partial charge is 0.507 e. The van der Waals surface area contributed by atoms with Crippen LogP contribution in [0, 0.1) is 0 Å². The van der Waals surface area contributed by atoms with Crippen LogP contribution >= 0.6 is 50.9 Å². The molecule has 0 spiro atoms. The van der Waals surface area contributed by atoms with Gasteiger partial charge in [0.25, 0.3) is 5.91 Å². The first kappa shape index (κ1) is 17.4. The molecule has 0 aliphatic carbocycles. The lowest BCUT2D eigenvalue weighted by molar-refractivity contribution is -0.115. The Morgan fingerprint density at radius 3 is 2.79 bits per heavy atom. The molecule has 24 heavy (non-hydrogen) atoms. The van der Waals surface area contributed by atoms with Gasteiger partial charge in [0.2, 0.25) is 0 Å². The van der Waals surface area contributed by atoms with Crippen LogP contribution in [0.4, 0.5) is 5.69 Å². The summed E-state index contributed by atoms with van der Waals surface area (Å²) in [6.07, 6.45) is 1.60. The van der Waals surface area contributed by atoms with Gasteiger partial charge in [-0.25, -0.2) is 4.99 Å². The van der Waals surface area contributed by atoms with Gasteiger partial charge in [0.15, 0.2) is 5.17 Å². The maximum atomic E-state index is 12.1. The quantitative estimate of drug-likeness (QED) is 0.614. The summed E-state index contributed by atoms with van der Waals surface area (Å²) >= 11 is 16.5. The summed E-state index contributed by atoms with van der Waals surface area (Å²) in [6, 6.07) is 9.91. The predicted octanol–water partition coefficient (Wildman–Crippen LogP) is 5.35. The Labute approximate surface area is 160 Å². The average molecular weight is 444 g/mol. The van der Waals surface area contributed by atoms with Crippen molar-refractivity contribution in [1.29, 1.82) is 0 Å². The predicted molar refractivity (Wildman–Crippen MR) is 103 cm³/mol. The second-order valence-corrected chi connectivity index (χ2v) is 7.57. The van der Waals surface area contributed by atoms with Crippen molar-refractivity contribution in [2.45, 2.75) is 0 Å². The van der Waals surface area contributed by atoms with Gasteiger partial charge in [0.1, 0.15) is 5.75 Å². The van der Waals surface area contributed by atoms with E-state index in [-0.39, 0.29) is 11.7 Å². The number of aliphatic imine (C=N–C) groups is 1. The van der Waals surface area contributed by atoms with Crippen LogP contribution in [-0.2, 0) is 4.79 Å². The Morgan fingerprint density at radius 1 is 1.21 bits per heavy atom. The fourth-order valence-electron chi connectivity index (χ4n) is 1.94. The molecule has 1 aliphatic rings. The maximum Gasteiger partial charge on any atom is 0.264 e. The molecule has 2 aromatic carbocycles. The monoisotopic (exact) mass is 442 g/mol. The molecule has 4 nitrogen and oxygen atoms in total. The lowest BCUT2D eigenvalue weighted by Crippen LogP contribution is -2.19. The van der Waals surface area contributed by atoms with E-state index < -0.39 is 0 Å². The highest BCUT2D eigenvalue weighted by Gasteiger charge is 2.24. The molecule has 8 heteroatoms. The van der Waals surface area contributed by atoms with Gasteiger partial charge in [-0.05, 0) is 54.2 Å². The van der Waals surface area contributed by atoms with E-state index >= 15 is 0 Å². The van der Waals surface area contributed by atoms with Crippen molar-refractivity contribution < 1.29 is 9.90 Å². The summed E-state index contributed by atoms with van der Waals surface area (Å²) in [5.41, 5.74) is 1.00. The van der Waals surface area contributed by atoms with Gasteiger partial charge in [-0.1, -0.05) is 39.1 Å². The molecule has 0 radical (unpaired) electrons. The summed E-state index contributed by atoms with van der Waals surface area (Å²) in [6.45, 7) is 0. The molecule has 0 saturated carbocycles. The van der Waals surface area contributed by atoms with Crippen LogP contribution in [0.2, 0.25) is 10.0 Å². The van der Waals surface area contributed by atoms with Crippen molar-refractivity contribution in [2.75, 3.05) is 0 Å². The molecule has 1 aliphatic heterocycles. The van der Waals surface area contributed by atoms with E-state index in [0.717, 1.165) is 16.2 Å². The van der Waals surface area contributed by atoms with Gasteiger partial charge < -0.3 is 10.4 Å². The van der Waals surface area contributed by atoms with Crippen LogP contribution in [0.1, 0.15) is 5.56 Å². The zero-order chi connectivity index (χ0) is 17.3. The van der Waals surface area contributed by atoms with Crippen LogP contribution in [0.5, 0.6) is 5.75 Å². The number of nitrogens with zero attached hydrogens (tertiary/aromatic N) is 1. The molecule has 0 unspecified atom stereocenters. The van der Waals surface area contributed by atoms with Crippen molar-refractivity contribution in [1.82, 2.24) is 5.32 Å². The molecule has 0 bridgehead atoms. The Balaban J connectivity index is 1.91. The van der Waals surface area contributed by atoms with E-state index in [4.69, 9.17) is 23.2 Å². The summed E-state index contributed by atoms with van der Waals surface area (Å²) < 4.78 is 0.801. The zero-order valence-electron chi connectivity index (χ0n) is 11.9. The van der Waals surface area contributed by atoms with Crippen LogP contribution in [0.25, 0.3) is 6.08 Å². The first-order valence-electron chi connectivity index (χ1n) is 6.65. The summed E-state index contributed by atoms with van der Waals surface area (Å²) in [5, 5.41) is 13.9. The van der Waals surface area contributed by atoms with E-state index in [2.05, 4.69) is 26.2 Å². The molecule has 1 heterocycles. The smallest absolute Gasteiger partial charge is 0.264 e. The third kappa shape index (κ3) is 3.95. The number of halogens is 3. The number of carbonyl (C=O) groups is 1. The highest BCUT2D eigenvalue weighted by Crippen LogP contribution is 2.34. The first-order valence-corrected chi connectivity index (χ1v) is 9.02. The number of aromatic hydroxyl groups is 1. The SMILES string of the molecule is O=C1NC(=Nc2cc(Cl)ccc2Cl)S/C1=C/c1cc(Br)ccc1O. The van der Waals surface area contributed by atoms with Crippen LogP contribution < -0.4 is 5.32 Å². The minimum absolute atomic E-state index is 0.0855. The Kier molecular flexibility index (Phi) is 5.20. The lowest BCUT2D eigenvalue weighted by Gasteiger charge is -2.00. The number of phenols is 1. The summed E-state index contributed by atoms with van der Waals surface area (Å²) in [5.74, 6) is -0.210. The van der Waals surface area contributed by atoms with Gasteiger partial charge in [-0.15, -0.1) is 0 Å². The number of hydrogen-bond acceptors (Lipinski definition) is 4. The number of amides is 1. The fourth-order valence-corrected chi connectivity index (χ4v) is 3.47. The van der Waals surface area contributed by atoms with E-state index in [1.165, 1.54) is 0 Å². The molecule has 1 amide bonds. The van der Waals surface area contributed by atoms with Gasteiger partial charge in [-0.3, -0.25) is 4.79 Å². The summed E-state index contributed by atoms with van der Waals surface area (Å²) in [4.78, 5) is 16.8. The van der Waals surface area contributed by atoms with E-state index in [1.807, 2.05) is 0 Å². The zero-order valence-corrected chi connectivity index (χ0v) is 15.8. The standard InChI is InChI=1S/C16H9BrCl2N2O2S/c17-9-1-4-13(22)8(5-9)6-14-15(23)21-16(24-14)20-12-7-10(18)2-3-11(12)19/h1-7,22H,(H,20,21,23)/b14-6+.